The minimum atomic E-state index is -4.81. The van der Waals surface area contributed by atoms with Gasteiger partial charge in [-0.2, -0.15) is 0 Å². The molecule has 0 bridgehead atoms. The maximum atomic E-state index is 15.3. The number of benzene rings is 3. The monoisotopic (exact) mass is 518 g/mol. The van der Waals surface area contributed by atoms with Crippen molar-refractivity contribution in [3.05, 3.63) is 77.9 Å². The Bertz CT molecular complexity index is 1170. The predicted molar refractivity (Wildman–Crippen MR) is 134 cm³/mol. The first-order valence-corrected chi connectivity index (χ1v) is 12.9. The van der Waals surface area contributed by atoms with Crippen LogP contribution in [0.4, 0.5) is 22.0 Å². The number of ether oxygens (including phenoxy) is 2. The van der Waals surface area contributed by atoms with Gasteiger partial charge in [-0.25, -0.2) is 8.78 Å². The largest absolute Gasteiger partial charge is 0.573 e. The average Bonchev–Trinajstić information content (AvgIpc) is 2.86. The molecule has 0 spiro atoms. The minimum Gasteiger partial charge on any atom is -0.454 e. The highest BCUT2D eigenvalue weighted by Gasteiger charge is 2.31. The Morgan fingerprint density at radius 1 is 0.811 bits per heavy atom. The Kier molecular flexibility index (Phi) is 8.72. The summed E-state index contributed by atoms with van der Waals surface area (Å²) < 4.78 is 76.9. The topological polar surface area (TPSA) is 18.5 Å². The van der Waals surface area contributed by atoms with Crippen LogP contribution < -0.4 is 9.47 Å². The summed E-state index contributed by atoms with van der Waals surface area (Å²) in [6.07, 6.45) is 4.65. The summed E-state index contributed by atoms with van der Waals surface area (Å²) in [4.78, 5) is 0. The van der Waals surface area contributed by atoms with Crippen LogP contribution in [-0.2, 0) is 0 Å². The van der Waals surface area contributed by atoms with Crippen molar-refractivity contribution in [3.63, 3.8) is 0 Å². The zero-order valence-corrected chi connectivity index (χ0v) is 20.8. The fourth-order valence-corrected chi connectivity index (χ4v) is 5.11. The fourth-order valence-electron chi connectivity index (χ4n) is 5.11. The van der Waals surface area contributed by atoms with Crippen molar-refractivity contribution in [1.29, 1.82) is 0 Å². The molecule has 2 nitrogen and oxygen atoms in total. The Labute approximate surface area is 214 Å². The van der Waals surface area contributed by atoms with Gasteiger partial charge in [-0.05, 0) is 79.5 Å². The lowest BCUT2D eigenvalue weighted by Crippen LogP contribution is -2.16. The van der Waals surface area contributed by atoms with Crippen LogP contribution in [0.3, 0.4) is 0 Å². The van der Waals surface area contributed by atoms with E-state index in [1.807, 2.05) is 6.07 Å². The first-order valence-electron chi connectivity index (χ1n) is 12.9. The van der Waals surface area contributed by atoms with Gasteiger partial charge in [-0.3, -0.25) is 0 Å². The maximum absolute atomic E-state index is 15.3. The standard InChI is InChI=1S/C30H31F5O2/c1-2-3-4-6-20-9-11-21(12-10-20)22-13-18-25(27(31)19-22)26-7-5-8-28(29(26)32)36-23-14-16-24(17-15-23)37-30(33,34)35/h5,7-8,13-21H,2-4,6,9-12H2,1H3. The van der Waals surface area contributed by atoms with Crippen LogP contribution in [0.15, 0.2) is 60.7 Å². The van der Waals surface area contributed by atoms with Crippen molar-refractivity contribution in [2.45, 2.75) is 70.6 Å². The predicted octanol–water partition coefficient (Wildman–Crippen LogP) is 10.2. The molecular formula is C30H31F5O2. The van der Waals surface area contributed by atoms with E-state index in [9.17, 15) is 13.2 Å². The Morgan fingerprint density at radius 2 is 1.51 bits per heavy atom. The van der Waals surface area contributed by atoms with Crippen LogP contribution in [0, 0.1) is 17.6 Å². The lowest BCUT2D eigenvalue weighted by molar-refractivity contribution is -0.274. The molecule has 0 saturated heterocycles. The molecule has 0 atom stereocenters. The van der Waals surface area contributed by atoms with Gasteiger partial charge in [0, 0.05) is 11.1 Å². The summed E-state index contributed by atoms with van der Waals surface area (Å²) >= 11 is 0. The average molecular weight is 519 g/mol. The fraction of sp³-hybridized carbons (Fsp3) is 0.400. The van der Waals surface area contributed by atoms with Crippen LogP contribution in [0.5, 0.6) is 17.2 Å². The van der Waals surface area contributed by atoms with Crippen LogP contribution in [0.2, 0.25) is 0 Å². The highest BCUT2D eigenvalue weighted by atomic mass is 19.4. The quantitative estimate of drug-likeness (QED) is 0.207. The molecule has 1 aliphatic rings. The smallest absolute Gasteiger partial charge is 0.454 e. The van der Waals surface area contributed by atoms with Crippen LogP contribution in [0.25, 0.3) is 11.1 Å². The van der Waals surface area contributed by atoms with Gasteiger partial charge in [0.05, 0.1) is 0 Å². The van der Waals surface area contributed by atoms with E-state index < -0.39 is 23.7 Å². The van der Waals surface area contributed by atoms with Gasteiger partial charge >= 0.3 is 6.36 Å². The van der Waals surface area contributed by atoms with E-state index in [1.54, 1.807) is 12.1 Å². The van der Waals surface area contributed by atoms with Crippen molar-refractivity contribution >= 4 is 0 Å². The first-order chi connectivity index (χ1) is 17.7. The van der Waals surface area contributed by atoms with E-state index in [2.05, 4.69) is 11.7 Å². The molecule has 1 fully saturated rings. The number of hydrogen-bond donors (Lipinski definition) is 0. The summed E-state index contributed by atoms with van der Waals surface area (Å²) in [5.41, 5.74) is 1.13. The second-order valence-corrected chi connectivity index (χ2v) is 9.69. The molecule has 3 aromatic rings. The molecule has 0 aliphatic heterocycles. The third kappa shape index (κ3) is 7.24. The van der Waals surface area contributed by atoms with Gasteiger partial charge in [0.1, 0.15) is 17.3 Å². The number of rotatable bonds is 9. The molecule has 1 saturated carbocycles. The molecule has 1 aliphatic carbocycles. The molecule has 0 amide bonds. The van der Waals surface area contributed by atoms with Gasteiger partial charge in [-0.1, -0.05) is 56.9 Å². The van der Waals surface area contributed by atoms with Crippen LogP contribution >= 0.6 is 0 Å². The molecule has 0 radical (unpaired) electrons. The van der Waals surface area contributed by atoms with E-state index in [0.29, 0.717) is 5.92 Å². The zero-order chi connectivity index (χ0) is 26.4. The maximum Gasteiger partial charge on any atom is 0.573 e. The van der Waals surface area contributed by atoms with E-state index in [0.717, 1.165) is 49.3 Å². The van der Waals surface area contributed by atoms with Gasteiger partial charge in [0.25, 0.3) is 0 Å². The number of halogens is 5. The number of hydrogen-bond acceptors (Lipinski definition) is 2. The zero-order valence-electron chi connectivity index (χ0n) is 20.8. The van der Waals surface area contributed by atoms with Crippen LogP contribution in [0.1, 0.15) is 69.8 Å². The second-order valence-electron chi connectivity index (χ2n) is 9.69. The molecule has 37 heavy (non-hydrogen) atoms. The second kappa shape index (κ2) is 12.0. The molecule has 0 unspecified atom stereocenters. The highest BCUT2D eigenvalue weighted by molar-refractivity contribution is 5.67. The summed E-state index contributed by atoms with van der Waals surface area (Å²) in [5, 5.41) is 0. The molecule has 7 heteroatoms. The van der Waals surface area contributed by atoms with Gasteiger partial charge in [0.15, 0.2) is 11.6 Å². The van der Waals surface area contributed by atoms with Crippen molar-refractivity contribution in [2.24, 2.45) is 5.92 Å². The third-order valence-electron chi connectivity index (χ3n) is 7.07. The van der Waals surface area contributed by atoms with Crippen LogP contribution in [-0.4, -0.2) is 6.36 Å². The molecule has 0 aromatic heterocycles. The van der Waals surface area contributed by atoms with E-state index in [-0.39, 0.29) is 22.6 Å². The van der Waals surface area contributed by atoms with E-state index in [1.165, 1.54) is 56.0 Å². The minimum absolute atomic E-state index is 0.0539. The molecule has 198 valence electrons. The van der Waals surface area contributed by atoms with Gasteiger partial charge in [0.2, 0.25) is 0 Å². The SMILES string of the molecule is CCCCCC1CCC(c2ccc(-c3cccc(Oc4ccc(OC(F)(F)F)cc4)c3F)c(F)c2)CC1. The molecule has 0 N–H and O–H groups in total. The third-order valence-corrected chi connectivity index (χ3v) is 7.07. The summed E-state index contributed by atoms with van der Waals surface area (Å²) in [6.45, 7) is 2.21. The summed E-state index contributed by atoms with van der Waals surface area (Å²) in [7, 11) is 0. The first kappa shape index (κ1) is 27.0. The molecular weight excluding hydrogens is 487 g/mol. The normalized spacial score (nSPS) is 18.0. The van der Waals surface area contributed by atoms with Crippen molar-refractivity contribution < 1.29 is 31.4 Å². The van der Waals surface area contributed by atoms with Crippen molar-refractivity contribution in [2.75, 3.05) is 0 Å². The Hall–Kier alpha value is -3.09. The Morgan fingerprint density at radius 3 is 2.16 bits per heavy atom. The summed E-state index contributed by atoms with van der Waals surface area (Å²) in [5.74, 6) is -0.628. The number of alkyl halides is 3. The molecule has 4 rings (SSSR count). The molecule has 3 aromatic carbocycles. The van der Waals surface area contributed by atoms with Gasteiger partial charge in [-0.15, -0.1) is 13.2 Å². The van der Waals surface area contributed by atoms with Gasteiger partial charge < -0.3 is 9.47 Å². The Balaban J connectivity index is 1.44. The lowest BCUT2D eigenvalue weighted by atomic mass is 9.77. The number of unbranched alkanes of at least 4 members (excludes halogenated alkanes) is 2. The molecule has 0 heterocycles. The van der Waals surface area contributed by atoms with Crippen molar-refractivity contribution in [3.8, 4) is 28.4 Å². The summed E-state index contributed by atoms with van der Waals surface area (Å²) in [6, 6.07) is 14.0. The van der Waals surface area contributed by atoms with E-state index >= 15 is 8.78 Å². The van der Waals surface area contributed by atoms with E-state index in [4.69, 9.17) is 4.74 Å². The highest BCUT2D eigenvalue weighted by Crippen LogP contribution is 2.40. The van der Waals surface area contributed by atoms with Crippen molar-refractivity contribution in [1.82, 2.24) is 0 Å². The lowest BCUT2D eigenvalue weighted by Gasteiger charge is -2.29.